The zero-order chi connectivity index (χ0) is 24.6. The molecule has 5 aromatic carbocycles. The molecule has 37 heavy (non-hydrogen) atoms. The van der Waals surface area contributed by atoms with Gasteiger partial charge in [-0.3, -0.25) is 9.97 Å². The van der Waals surface area contributed by atoms with Crippen LogP contribution in [0.1, 0.15) is 0 Å². The highest BCUT2D eigenvalue weighted by molar-refractivity contribution is 6.17. The summed E-state index contributed by atoms with van der Waals surface area (Å²) in [6.45, 7) is 0. The summed E-state index contributed by atoms with van der Waals surface area (Å²) in [6, 6.07) is 39.7. The van der Waals surface area contributed by atoms with Gasteiger partial charge in [0.2, 0.25) is 0 Å². The van der Waals surface area contributed by atoms with Crippen molar-refractivity contribution < 1.29 is 4.74 Å². The standard InChI is InChI=1S/C34H22N2O/c1-2-8-25-21-26(13-12-23(25)7-1)33-28-9-3-4-10-29(28)34(30-18-20-35-22-31(30)33)37-27-16-14-24(15-17-27)32-11-5-6-19-36-32/h1-22H. The summed E-state index contributed by atoms with van der Waals surface area (Å²) in [4.78, 5) is 8.95. The summed E-state index contributed by atoms with van der Waals surface area (Å²) in [5, 5.41) is 6.75. The number of rotatable bonds is 4. The largest absolute Gasteiger partial charge is 0.456 e. The average molecular weight is 475 g/mol. The van der Waals surface area contributed by atoms with E-state index in [2.05, 4.69) is 76.7 Å². The number of hydrogen-bond acceptors (Lipinski definition) is 3. The van der Waals surface area contributed by atoms with Gasteiger partial charge in [-0.1, -0.05) is 66.7 Å². The van der Waals surface area contributed by atoms with Crippen LogP contribution in [-0.2, 0) is 0 Å². The molecule has 2 aromatic heterocycles. The Morgan fingerprint density at radius 1 is 0.514 bits per heavy atom. The van der Waals surface area contributed by atoms with Gasteiger partial charge in [0.25, 0.3) is 0 Å². The van der Waals surface area contributed by atoms with Gasteiger partial charge in [0, 0.05) is 40.3 Å². The topological polar surface area (TPSA) is 35.0 Å². The SMILES string of the molecule is c1ccc(-c2ccc(Oc3c4ccccc4c(-c4ccc5ccccc5c4)c4cnccc34)cc2)nc1. The molecule has 0 bridgehead atoms. The van der Waals surface area contributed by atoms with Crippen LogP contribution in [0.15, 0.2) is 134 Å². The van der Waals surface area contributed by atoms with Crippen molar-refractivity contribution in [2.75, 3.05) is 0 Å². The molecular weight excluding hydrogens is 452 g/mol. The Hall–Kier alpha value is -5.02. The van der Waals surface area contributed by atoms with Crippen LogP contribution < -0.4 is 4.74 Å². The highest BCUT2D eigenvalue weighted by Gasteiger charge is 2.17. The van der Waals surface area contributed by atoms with Crippen molar-refractivity contribution in [2.45, 2.75) is 0 Å². The number of benzene rings is 5. The molecule has 174 valence electrons. The predicted octanol–water partition coefficient (Wildman–Crippen LogP) is 9.06. The molecule has 0 unspecified atom stereocenters. The second-order valence-corrected chi connectivity index (χ2v) is 9.07. The van der Waals surface area contributed by atoms with Gasteiger partial charge in [-0.2, -0.15) is 0 Å². The van der Waals surface area contributed by atoms with E-state index in [9.17, 15) is 0 Å². The summed E-state index contributed by atoms with van der Waals surface area (Å²) >= 11 is 0. The lowest BCUT2D eigenvalue weighted by atomic mass is 9.91. The molecule has 0 spiro atoms. The number of hydrogen-bond donors (Lipinski definition) is 0. The van der Waals surface area contributed by atoms with E-state index in [1.807, 2.05) is 67.1 Å². The van der Waals surface area contributed by atoms with Crippen molar-refractivity contribution >= 4 is 32.3 Å². The van der Waals surface area contributed by atoms with Crippen LogP contribution in [-0.4, -0.2) is 9.97 Å². The number of nitrogens with zero attached hydrogens (tertiary/aromatic N) is 2. The van der Waals surface area contributed by atoms with Crippen LogP contribution in [0, 0.1) is 0 Å². The van der Waals surface area contributed by atoms with Crippen LogP contribution in [0.25, 0.3) is 54.7 Å². The van der Waals surface area contributed by atoms with Gasteiger partial charge in [-0.05, 0) is 75.8 Å². The van der Waals surface area contributed by atoms with E-state index >= 15 is 0 Å². The molecule has 0 aliphatic rings. The number of aromatic nitrogens is 2. The maximum Gasteiger partial charge on any atom is 0.143 e. The van der Waals surface area contributed by atoms with Crippen LogP contribution in [0.5, 0.6) is 11.5 Å². The molecule has 0 fully saturated rings. The number of ether oxygens (including phenoxy) is 1. The molecule has 7 aromatic rings. The van der Waals surface area contributed by atoms with E-state index in [1.54, 1.807) is 0 Å². The Bertz CT molecular complexity index is 1840. The third-order valence-electron chi connectivity index (χ3n) is 6.85. The summed E-state index contributed by atoms with van der Waals surface area (Å²) in [6.07, 6.45) is 5.59. The summed E-state index contributed by atoms with van der Waals surface area (Å²) in [5.74, 6) is 1.62. The smallest absolute Gasteiger partial charge is 0.143 e. The van der Waals surface area contributed by atoms with Crippen LogP contribution in [0.4, 0.5) is 0 Å². The molecule has 0 atom stereocenters. The molecule has 0 radical (unpaired) electrons. The van der Waals surface area contributed by atoms with Crippen molar-refractivity contribution in [3.05, 3.63) is 134 Å². The lowest BCUT2D eigenvalue weighted by Crippen LogP contribution is -1.93. The van der Waals surface area contributed by atoms with E-state index in [4.69, 9.17) is 4.74 Å². The van der Waals surface area contributed by atoms with Crippen LogP contribution in [0.3, 0.4) is 0 Å². The third-order valence-corrected chi connectivity index (χ3v) is 6.85. The molecule has 2 heterocycles. The highest BCUT2D eigenvalue weighted by atomic mass is 16.5. The van der Waals surface area contributed by atoms with Gasteiger partial charge in [-0.25, -0.2) is 0 Å². The monoisotopic (exact) mass is 474 g/mol. The fraction of sp³-hybridized carbons (Fsp3) is 0. The second-order valence-electron chi connectivity index (χ2n) is 9.07. The third kappa shape index (κ3) is 3.78. The average Bonchev–Trinajstić information content (AvgIpc) is 2.98. The number of fused-ring (bicyclic) bond motifs is 3. The molecule has 0 N–H and O–H groups in total. The van der Waals surface area contributed by atoms with E-state index in [1.165, 1.54) is 21.9 Å². The Balaban J connectivity index is 1.41. The molecule has 0 saturated carbocycles. The zero-order valence-electron chi connectivity index (χ0n) is 20.0. The fourth-order valence-electron chi connectivity index (χ4n) is 5.09. The zero-order valence-corrected chi connectivity index (χ0v) is 20.0. The first-order chi connectivity index (χ1) is 18.3. The lowest BCUT2D eigenvalue weighted by Gasteiger charge is -2.17. The minimum absolute atomic E-state index is 0.779. The Labute approximate surface area is 214 Å². The maximum absolute atomic E-state index is 6.61. The molecule has 0 aliphatic carbocycles. The Morgan fingerprint density at radius 3 is 2.08 bits per heavy atom. The van der Waals surface area contributed by atoms with E-state index in [0.29, 0.717) is 0 Å². The molecular formula is C34H22N2O. The van der Waals surface area contributed by atoms with Gasteiger partial charge in [0.05, 0.1) is 5.69 Å². The fourth-order valence-corrected chi connectivity index (χ4v) is 5.09. The van der Waals surface area contributed by atoms with Gasteiger partial charge in [-0.15, -0.1) is 0 Å². The van der Waals surface area contributed by atoms with E-state index in [0.717, 1.165) is 44.3 Å². The minimum atomic E-state index is 0.779. The van der Waals surface area contributed by atoms with Gasteiger partial charge < -0.3 is 4.74 Å². The summed E-state index contributed by atoms with van der Waals surface area (Å²) in [7, 11) is 0. The Morgan fingerprint density at radius 2 is 1.24 bits per heavy atom. The minimum Gasteiger partial charge on any atom is -0.456 e. The molecule has 3 heteroatoms. The number of pyridine rings is 2. The normalized spacial score (nSPS) is 11.2. The maximum atomic E-state index is 6.61. The van der Waals surface area contributed by atoms with E-state index in [-0.39, 0.29) is 0 Å². The van der Waals surface area contributed by atoms with Crippen molar-refractivity contribution in [3.63, 3.8) is 0 Å². The summed E-state index contributed by atoms with van der Waals surface area (Å²) in [5.41, 5.74) is 4.33. The molecule has 7 rings (SSSR count). The first-order valence-electron chi connectivity index (χ1n) is 12.3. The first kappa shape index (κ1) is 21.3. The second kappa shape index (κ2) is 8.89. The van der Waals surface area contributed by atoms with Crippen molar-refractivity contribution in [2.24, 2.45) is 0 Å². The molecule has 0 amide bonds. The molecule has 0 saturated heterocycles. The molecule has 3 nitrogen and oxygen atoms in total. The van der Waals surface area contributed by atoms with Crippen molar-refractivity contribution in [3.8, 4) is 33.9 Å². The predicted molar refractivity (Wildman–Crippen MR) is 152 cm³/mol. The van der Waals surface area contributed by atoms with Crippen LogP contribution >= 0.6 is 0 Å². The van der Waals surface area contributed by atoms with Gasteiger partial charge in [0.1, 0.15) is 11.5 Å². The quantitative estimate of drug-likeness (QED) is 0.239. The lowest BCUT2D eigenvalue weighted by molar-refractivity contribution is 0.494. The van der Waals surface area contributed by atoms with E-state index < -0.39 is 0 Å². The Kier molecular flexibility index (Phi) is 5.11. The van der Waals surface area contributed by atoms with Crippen molar-refractivity contribution in [1.29, 1.82) is 0 Å². The van der Waals surface area contributed by atoms with Crippen molar-refractivity contribution in [1.82, 2.24) is 9.97 Å². The molecule has 0 aliphatic heterocycles. The first-order valence-corrected chi connectivity index (χ1v) is 12.3. The summed E-state index contributed by atoms with van der Waals surface area (Å²) < 4.78 is 6.61. The van der Waals surface area contributed by atoms with Gasteiger partial charge in [0.15, 0.2) is 0 Å². The highest BCUT2D eigenvalue weighted by Crippen LogP contribution is 2.44. The van der Waals surface area contributed by atoms with Gasteiger partial charge >= 0.3 is 0 Å². The van der Waals surface area contributed by atoms with Crippen LogP contribution in [0.2, 0.25) is 0 Å².